The predicted octanol–water partition coefficient (Wildman–Crippen LogP) is 5.07. The molecular weight excluding hydrogens is 288 g/mol. The second-order valence-electron chi connectivity index (χ2n) is 5.75. The number of ether oxygens (including phenoxy) is 2. The zero-order valence-corrected chi connectivity index (χ0v) is 14.3. The Hall–Kier alpha value is 0.620. The summed E-state index contributed by atoms with van der Waals surface area (Å²) in [7, 11) is 0. The van der Waals surface area contributed by atoms with Crippen LogP contribution in [0.3, 0.4) is 0 Å². The molecule has 2 aliphatic heterocycles. The molecule has 0 amide bonds. The van der Waals surface area contributed by atoms with Crippen LogP contribution in [-0.2, 0) is 9.47 Å². The number of rotatable bonds is 11. The zero-order valence-electron chi connectivity index (χ0n) is 12.7. The van der Waals surface area contributed by atoms with Gasteiger partial charge in [-0.15, -0.1) is 23.5 Å². The van der Waals surface area contributed by atoms with E-state index in [0.717, 1.165) is 24.2 Å². The van der Waals surface area contributed by atoms with E-state index in [9.17, 15) is 0 Å². The minimum absolute atomic E-state index is 0.112. The van der Waals surface area contributed by atoms with Crippen LogP contribution in [0.4, 0.5) is 0 Å². The molecule has 118 valence electrons. The first-order valence-electron chi connectivity index (χ1n) is 8.41. The molecule has 0 N–H and O–H groups in total. The van der Waals surface area contributed by atoms with Gasteiger partial charge in [-0.25, -0.2) is 0 Å². The van der Waals surface area contributed by atoms with Crippen molar-refractivity contribution < 1.29 is 9.47 Å². The first kappa shape index (κ1) is 17.0. The van der Waals surface area contributed by atoms with E-state index in [4.69, 9.17) is 9.47 Å². The molecule has 0 aromatic carbocycles. The molecule has 2 aliphatic rings. The summed E-state index contributed by atoms with van der Waals surface area (Å²) in [5.74, 6) is 2.76. The predicted molar refractivity (Wildman–Crippen MR) is 90.6 cm³/mol. The van der Waals surface area contributed by atoms with Gasteiger partial charge >= 0.3 is 0 Å². The van der Waals surface area contributed by atoms with Crippen molar-refractivity contribution in [1.29, 1.82) is 0 Å². The Morgan fingerprint density at radius 2 is 1.15 bits per heavy atom. The third kappa shape index (κ3) is 7.58. The van der Waals surface area contributed by atoms with Crippen LogP contribution in [0.1, 0.15) is 64.2 Å². The maximum atomic E-state index is 5.44. The third-order valence-electron chi connectivity index (χ3n) is 4.01. The molecule has 2 fully saturated rings. The SMILES string of the molecule is C(CCCCCC1SCCS1)CCCCC1OCCO1. The van der Waals surface area contributed by atoms with Gasteiger partial charge in [-0.1, -0.05) is 44.9 Å². The van der Waals surface area contributed by atoms with Crippen LogP contribution < -0.4 is 0 Å². The van der Waals surface area contributed by atoms with E-state index in [1.807, 2.05) is 0 Å². The minimum Gasteiger partial charge on any atom is -0.350 e. The molecule has 2 heterocycles. The van der Waals surface area contributed by atoms with Gasteiger partial charge in [0.05, 0.1) is 17.8 Å². The highest BCUT2D eigenvalue weighted by Crippen LogP contribution is 2.35. The Morgan fingerprint density at radius 1 is 0.650 bits per heavy atom. The van der Waals surface area contributed by atoms with Gasteiger partial charge in [0.1, 0.15) is 0 Å². The van der Waals surface area contributed by atoms with E-state index in [2.05, 4.69) is 23.5 Å². The summed E-state index contributed by atoms with van der Waals surface area (Å²) >= 11 is 4.35. The maximum Gasteiger partial charge on any atom is 0.157 e. The Balaban J connectivity index is 1.26. The van der Waals surface area contributed by atoms with Crippen LogP contribution in [0.5, 0.6) is 0 Å². The fourth-order valence-corrected chi connectivity index (χ4v) is 5.75. The Labute approximate surface area is 133 Å². The van der Waals surface area contributed by atoms with E-state index in [-0.39, 0.29) is 6.29 Å². The topological polar surface area (TPSA) is 18.5 Å². The first-order valence-corrected chi connectivity index (χ1v) is 10.5. The van der Waals surface area contributed by atoms with Crippen LogP contribution in [0, 0.1) is 0 Å². The van der Waals surface area contributed by atoms with Gasteiger partial charge in [-0.3, -0.25) is 0 Å². The molecule has 4 heteroatoms. The van der Waals surface area contributed by atoms with Crippen molar-refractivity contribution in [2.45, 2.75) is 75.1 Å². The quantitative estimate of drug-likeness (QED) is 0.495. The number of unbranched alkanes of at least 4 members (excludes halogenated alkanes) is 7. The summed E-state index contributed by atoms with van der Waals surface area (Å²) in [4.78, 5) is 0. The molecule has 0 spiro atoms. The van der Waals surface area contributed by atoms with Crippen LogP contribution in [-0.4, -0.2) is 35.6 Å². The Bertz CT molecular complexity index is 203. The van der Waals surface area contributed by atoms with E-state index < -0.39 is 0 Å². The average molecular weight is 319 g/mol. The lowest BCUT2D eigenvalue weighted by Crippen LogP contribution is -2.06. The smallest absolute Gasteiger partial charge is 0.157 e. The lowest BCUT2D eigenvalue weighted by Gasteiger charge is -2.08. The van der Waals surface area contributed by atoms with E-state index in [1.54, 1.807) is 0 Å². The molecule has 0 atom stereocenters. The third-order valence-corrected chi connectivity index (χ3v) is 7.18. The van der Waals surface area contributed by atoms with E-state index in [0.29, 0.717) is 0 Å². The lowest BCUT2D eigenvalue weighted by atomic mass is 10.1. The highest BCUT2D eigenvalue weighted by Gasteiger charge is 2.15. The van der Waals surface area contributed by atoms with Gasteiger partial charge in [0, 0.05) is 11.5 Å². The average Bonchev–Trinajstić information content (AvgIpc) is 3.14. The summed E-state index contributed by atoms with van der Waals surface area (Å²) in [5.41, 5.74) is 0. The molecule has 2 saturated heterocycles. The highest BCUT2D eigenvalue weighted by molar-refractivity contribution is 8.20. The second kappa shape index (κ2) is 11.2. The molecule has 2 rings (SSSR count). The number of hydrogen-bond acceptors (Lipinski definition) is 4. The van der Waals surface area contributed by atoms with Crippen molar-refractivity contribution >= 4 is 23.5 Å². The molecule has 0 radical (unpaired) electrons. The fourth-order valence-electron chi connectivity index (χ4n) is 2.83. The normalized spacial score (nSPS) is 21.0. The van der Waals surface area contributed by atoms with Gasteiger partial charge in [0.15, 0.2) is 6.29 Å². The number of hydrogen-bond donors (Lipinski definition) is 0. The standard InChI is InChI=1S/C16H30O2S2/c1(3-5-7-9-15-17-11-12-18-15)2-4-6-8-10-16-19-13-14-20-16/h15-16H,1-14H2. The Kier molecular flexibility index (Phi) is 9.53. The van der Waals surface area contributed by atoms with Crippen molar-refractivity contribution in [3.8, 4) is 0 Å². The van der Waals surface area contributed by atoms with Crippen molar-refractivity contribution in [3.63, 3.8) is 0 Å². The van der Waals surface area contributed by atoms with Crippen LogP contribution in [0.2, 0.25) is 0 Å². The Morgan fingerprint density at radius 3 is 1.75 bits per heavy atom. The summed E-state index contributed by atoms with van der Waals surface area (Å²) in [6.45, 7) is 1.59. The molecule has 20 heavy (non-hydrogen) atoms. The monoisotopic (exact) mass is 318 g/mol. The minimum atomic E-state index is 0.112. The largest absolute Gasteiger partial charge is 0.350 e. The van der Waals surface area contributed by atoms with Crippen molar-refractivity contribution in [2.24, 2.45) is 0 Å². The van der Waals surface area contributed by atoms with Gasteiger partial charge in [0.25, 0.3) is 0 Å². The molecule has 0 unspecified atom stereocenters. The zero-order chi connectivity index (χ0) is 13.9. The van der Waals surface area contributed by atoms with Gasteiger partial charge in [-0.05, 0) is 19.3 Å². The first-order chi connectivity index (χ1) is 9.95. The maximum absolute atomic E-state index is 5.44. The highest BCUT2D eigenvalue weighted by atomic mass is 32.2. The summed E-state index contributed by atoms with van der Waals surface area (Å²) in [6, 6.07) is 0. The molecule has 0 aliphatic carbocycles. The fraction of sp³-hybridized carbons (Fsp3) is 1.00. The molecular formula is C16H30O2S2. The molecule has 0 aromatic rings. The number of thioether (sulfide) groups is 2. The van der Waals surface area contributed by atoms with Crippen molar-refractivity contribution in [1.82, 2.24) is 0 Å². The van der Waals surface area contributed by atoms with Gasteiger partial charge in [-0.2, -0.15) is 0 Å². The van der Waals surface area contributed by atoms with Crippen molar-refractivity contribution in [2.75, 3.05) is 24.7 Å². The molecule has 0 bridgehead atoms. The van der Waals surface area contributed by atoms with Crippen LogP contribution in [0.15, 0.2) is 0 Å². The molecule has 0 saturated carbocycles. The van der Waals surface area contributed by atoms with E-state index in [1.165, 1.54) is 69.3 Å². The van der Waals surface area contributed by atoms with Gasteiger partial charge < -0.3 is 9.47 Å². The second-order valence-corrected chi connectivity index (χ2v) is 8.67. The van der Waals surface area contributed by atoms with Crippen LogP contribution >= 0.6 is 23.5 Å². The van der Waals surface area contributed by atoms with E-state index >= 15 is 0 Å². The van der Waals surface area contributed by atoms with Crippen LogP contribution in [0.25, 0.3) is 0 Å². The summed E-state index contributed by atoms with van der Waals surface area (Å²) in [6.07, 6.45) is 13.8. The summed E-state index contributed by atoms with van der Waals surface area (Å²) < 4.78 is 11.8. The van der Waals surface area contributed by atoms with Gasteiger partial charge in [0.2, 0.25) is 0 Å². The molecule has 2 nitrogen and oxygen atoms in total. The van der Waals surface area contributed by atoms with Crippen molar-refractivity contribution in [3.05, 3.63) is 0 Å². The lowest BCUT2D eigenvalue weighted by molar-refractivity contribution is -0.0480. The summed E-state index contributed by atoms with van der Waals surface area (Å²) in [5, 5.41) is 0. The molecule has 0 aromatic heterocycles.